The van der Waals surface area contributed by atoms with Crippen LogP contribution in [0.15, 0.2) is 16.4 Å². The molecule has 1 N–H and O–H groups in total. The van der Waals surface area contributed by atoms with Gasteiger partial charge in [-0.1, -0.05) is 0 Å². The normalized spacial score (nSPS) is 16.3. The molecule has 10 heavy (non-hydrogen) atoms. The zero-order valence-electron chi connectivity index (χ0n) is 5.20. The van der Waals surface area contributed by atoms with Crippen LogP contribution in [0.2, 0.25) is 0 Å². The number of nitrogens with zero attached hydrogens (tertiary/aromatic N) is 1. The lowest BCUT2D eigenvalue weighted by molar-refractivity contribution is 0.599. The van der Waals surface area contributed by atoms with Gasteiger partial charge in [-0.2, -0.15) is 0 Å². The lowest BCUT2D eigenvalue weighted by atomic mass is 10.3. The molecule has 0 radical (unpaired) electrons. The molecule has 1 atom stereocenters. The summed E-state index contributed by atoms with van der Waals surface area (Å²) in [6, 6.07) is 1.82. The fourth-order valence-corrected chi connectivity index (χ4v) is 1.90. The summed E-state index contributed by atoms with van der Waals surface area (Å²) < 4.78 is 11.1. The van der Waals surface area contributed by atoms with E-state index in [1.807, 2.05) is 6.07 Å². The average molecular weight is 154 g/mol. The first-order valence-corrected chi connectivity index (χ1v) is 4.16. The second kappa shape index (κ2) is 2.07. The molecule has 4 heteroatoms. The SMILES string of the molecule is [O-][s+]1ccc2c1NCN=C2. The van der Waals surface area contributed by atoms with E-state index in [1.165, 1.54) is 0 Å². The third-order valence-corrected chi connectivity index (χ3v) is 2.56. The summed E-state index contributed by atoms with van der Waals surface area (Å²) in [5.41, 5.74) is 0.949. The molecule has 1 unspecified atom stereocenters. The van der Waals surface area contributed by atoms with E-state index in [-0.39, 0.29) is 0 Å². The second-order valence-electron chi connectivity index (χ2n) is 2.03. The summed E-state index contributed by atoms with van der Waals surface area (Å²) >= 11 is 0. The third kappa shape index (κ3) is 0.732. The molecule has 0 spiro atoms. The molecule has 2 heterocycles. The van der Waals surface area contributed by atoms with E-state index in [4.69, 9.17) is 0 Å². The molecular formula is C6H6N2OS. The van der Waals surface area contributed by atoms with Crippen molar-refractivity contribution in [2.45, 2.75) is 0 Å². The first-order valence-electron chi connectivity index (χ1n) is 2.95. The van der Waals surface area contributed by atoms with Crippen molar-refractivity contribution in [1.82, 2.24) is 0 Å². The van der Waals surface area contributed by atoms with E-state index in [2.05, 4.69) is 10.3 Å². The molecular weight excluding hydrogens is 148 g/mol. The summed E-state index contributed by atoms with van der Waals surface area (Å²) in [5, 5.41) is 5.41. The van der Waals surface area contributed by atoms with Gasteiger partial charge in [0.15, 0.2) is 0 Å². The molecule has 0 amide bonds. The molecule has 0 fully saturated rings. The molecule has 1 aromatic rings. The fraction of sp³-hybridized carbons (Fsp3) is 0.167. The third-order valence-electron chi connectivity index (χ3n) is 1.40. The Morgan fingerprint density at radius 2 is 2.60 bits per heavy atom. The van der Waals surface area contributed by atoms with Crippen LogP contribution in [0.25, 0.3) is 0 Å². The molecule has 1 aromatic heterocycles. The topological polar surface area (TPSA) is 47.4 Å². The maximum absolute atomic E-state index is 11.1. The van der Waals surface area contributed by atoms with Crippen LogP contribution in [0.1, 0.15) is 5.56 Å². The van der Waals surface area contributed by atoms with Crippen LogP contribution < -0.4 is 5.32 Å². The van der Waals surface area contributed by atoms with E-state index in [0.717, 1.165) is 10.6 Å². The van der Waals surface area contributed by atoms with E-state index < -0.39 is 10.8 Å². The number of rotatable bonds is 0. The Morgan fingerprint density at radius 1 is 1.70 bits per heavy atom. The van der Waals surface area contributed by atoms with Crippen molar-refractivity contribution < 1.29 is 4.55 Å². The number of anilines is 1. The van der Waals surface area contributed by atoms with Crippen LogP contribution in [0.4, 0.5) is 5.00 Å². The van der Waals surface area contributed by atoms with Crippen LogP contribution >= 0.6 is 10.8 Å². The van der Waals surface area contributed by atoms with Crippen molar-refractivity contribution in [3.63, 3.8) is 0 Å². The van der Waals surface area contributed by atoms with Crippen molar-refractivity contribution in [2.75, 3.05) is 12.0 Å². The largest absolute Gasteiger partial charge is 0.589 e. The van der Waals surface area contributed by atoms with Gasteiger partial charge in [0.25, 0.3) is 0 Å². The molecule has 1 aliphatic heterocycles. The minimum absolute atomic E-state index is 0.548. The van der Waals surface area contributed by atoms with Gasteiger partial charge < -0.3 is 9.87 Å². The first kappa shape index (κ1) is 5.88. The Labute approximate surface area is 61.2 Å². The number of aliphatic imine (C=N–C) groups is 1. The monoisotopic (exact) mass is 154 g/mol. The molecule has 1 aliphatic rings. The maximum Gasteiger partial charge on any atom is 0.249 e. The predicted molar refractivity (Wildman–Crippen MR) is 41.2 cm³/mol. The highest BCUT2D eigenvalue weighted by Crippen LogP contribution is 2.31. The van der Waals surface area contributed by atoms with Crippen molar-refractivity contribution >= 4 is 22.0 Å². The highest BCUT2D eigenvalue weighted by atomic mass is 32.2. The zero-order chi connectivity index (χ0) is 6.97. The van der Waals surface area contributed by atoms with E-state index in [0.29, 0.717) is 6.67 Å². The summed E-state index contributed by atoms with van der Waals surface area (Å²) in [7, 11) is -0.943. The van der Waals surface area contributed by atoms with Crippen molar-refractivity contribution in [3.8, 4) is 0 Å². The van der Waals surface area contributed by atoms with Gasteiger partial charge in [0, 0.05) is 12.3 Å². The number of hydrogen-bond donors (Lipinski definition) is 1. The standard InChI is InChI=1S/C6H6N2OS/c9-10-2-1-5-3-7-4-8-6(5)10/h1-3,8H,4H2. The van der Waals surface area contributed by atoms with Crippen LogP contribution in [0.5, 0.6) is 0 Å². The van der Waals surface area contributed by atoms with Crippen LogP contribution in [0, 0.1) is 0 Å². The van der Waals surface area contributed by atoms with Crippen molar-refractivity contribution in [1.29, 1.82) is 0 Å². The Hall–Kier alpha value is -0.870. The number of thiophene rings is 1. The maximum atomic E-state index is 11.1. The smallest absolute Gasteiger partial charge is 0.249 e. The summed E-state index contributed by atoms with van der Waals surface area (Å²) in [4.78, 5) is 3.97. The Morgan fingerprint density at radius 3 is 3.40 bits per heavy atom. The molecule has 0 saturated heterocycles. The Bertz CT molecular complexity index is 279. The van der Waals surface area contributed by atoms with Gasteiger partial charge >= 0.3 is 0 Å². The lowest BCUT2D eigenvalue weighted by Crippen LogP contribution is -2.04. The Balaban J connectivity index is 2.57. The Kier molecular flexibility index (Phi) is 1.22. The summed E-state index contributed by atoms with van der Waals surface area (Å²) in [5.74, 6) is 0. The molecule has 2 rings (SSSR count). The summed E-state index contributed by atoms with van der Waals surface area (Å²) in [6.07, 6.45) is 1.74. The van der Waals surface area contributed by atoms with Crippen molar-refractivity contribution in [3.05, 3.63) is 17.0 Å². The molecule has 0 aromatic carbocycles. The predicted octanol–water partition coefficient (Wildman–Crippen LogP) is 1.22. The van der Waals surface area contributed by atoms with Gasteiger partial charge in [-0.15, -0.1) is 0 Å². The van der Waals surface area contributed by atoms with Crippen LogP contribution in [-0.4, -0.2) is 17.4 Å². The van der Waals surface area contributed by atoms with Gasteiger partial charge in [0.1, 0.15) is 12.0 Å². The van der Waals surface area contributed by atoms with Gasteiger partial charge in [0.2, 0.25) is 5.00 Å². The first-order chi connectivity index (χ1) is 4.88. The number of fused-ring (bicyclic) bond motifs is 1. The number of nitrogens with one attached hydrogen (secondary N) is 1. The van der Waals surface area contributed by atoms with E-state index in [1.54, 1.807) is 11.6 Å². The van der Waals surface area contributed by atoms with E-state index >= 15 is 0 Å². The molecule has 0 aliphatic carbocycles. The van der Waals surface area contributed by atoms with Gasteiger partial charge in [0.05, 0.1) is 5.56 Å². The molecule has 0 bridgehead atoms. The van der Waals surface area contributed by atoms with Crippen LogP contribution in [0.3, 0.4) is 0 Å². The molecule has 0 saturated carbocycles. The zero-order valence-corrected chi connectivity index (χ0v) is 6.02. The highest BCUT2D eigenvalue weighted by molar-refractivity contribution is 7.27. The fourth-order valence-electron chi connectivity index (χ4n) is 0.931. The van der Waals surface area contributed by atoms with Crippen molar-refractivity contribution in [2.24, 2.45) is 4.99 Å². The minimum atomic E-state index is -0.943. The van der Waals surface area contributed by atoms with Crippen LogP contribution in [-0.2, 0) is 0 Å². The van der Waals surface area contributed by atoms with Gasteiger partial charge in [-0.3, -0.25) is 4.99 Å². The second-order valence-corrected chi connectivity index (χ2v) is 3.31. The van der Waals surface area contributed by atoms with Gasteiger partial charge in [-0.25, -0.2) is 0 Å². The average Bonchev–Trinajstić information content (AvgIpc) is 2.34. The number of hydrogen-bond acceptors (Lipinski definition) is 3. The molecule has 52 valence electrons. The molecule has 3 nitrogen and oxygen atoms in total. The minimum Gasteiger partial charge on any atom is -0.589 e. The lowest BCUT2D eigenvalue weighted by Gasteiger charge is -2.04. The van der Waals surface area contributed by atoms with E-state index in [9.17, 15) is 4.55 Å². The summed E-state index contributed by atoms with van der Waals surface area (Å²) in [6.45, 7) is 0.548. The highest BCUT2D eigenvalue weighted by Gasteiger charge is 2.13. The van der Waals surface area contributed by atoms with Gasteiger partial charge in [-0.05, 0) is 10.8 Å². The quantitative estimate of drug-likeness (QED) is 0.571.